The summed E-state index contributed by atoms with van der Waals surface area (Å²) in [6.45, 7) is 2.51. The number of hydrogen-bond donors (Lipinski definition) is 2. The summed E-state index contributed by atoms with van der Waals surface area (Å²) in [6, 6.07) is 7.63. The zero-order valence-corrected chi connectivity index (χ0v) is 12.6. The Kier molecular flexibility index (Phi) is 3.79. The van der Waals surface area contributed by atoms with Crippen LogP contribution in [0.4, 0.5) is 10.1 Å². The van der Waals surface area contributed by atoms with E-state index in [0.29, 0.717) is 22.4 Å². The van der Waals surface area contributed by atoms with Crippen LogP contribution in [0.3, 0.4) is 0 Å². The lowest BCUT2D eigenvalue weighted by molar-refractivity contribution is -0.117. The third-order valence-electron chi connectivity index (χ3n) is 3.27. The second kappa shape index (κ2) is 5.73. The second-order valence-electron chi connectivity index (χ2n) is 4.92. The minimum Gasteiger partial charge on any atom is -0.493 e. The van der Waals surface area contributed by atoms with E-state index in [1.165, 1.54) is 11.3 Å². The summed E-state index contributed by atoms with van der Waals surface area (Å²) in [4.78, 5) is 16.2. The molecule has 1 aromatic carbocycles. The molecule has 0 aliphatic heterocycles. The molecule has 1 saturated carbocycles. The molecule has 1 aliphatic carbocycles. The predicted molar refractivity (Wildman–Crippen MR) is 84.5 cm³/mol. The maximum atomic E-state index is 11.8. The molecule has 5 nitrogen and oxygen atoms in total. The van der Waals surface area contributed by atoms with Gasteiger partial charge in [-0.05, 0) is 31.9 Å². The van der Waals surface area contributed by atoms with Gasteiger partial charge in [0.1, 0.15) is 16.4 Å². The first-order chi connectivity index (χ1) is 10.2. The third kappa shape index (κ3) is 3.00. The maximum absolute atomic E-state index is 11.8. The van der Waals surface area contributed by atoms with E-state index in [1.54, 1.807) is 0 Å². The van der Waals surface area contributed by atoms with Crippen LogP contribution in [0.5, 0.6) is 5.75 Å². The Morgan fingerprint density at radius 1 is 1.48 bits per heavy atom. The van der Waals surface area contributed by atoms with Crippen molar-refractivity contribution in [3.8, 4) is 17.0 Å². The van der Waals surface area contributed by atoms with E-state index < -0.39 is 0 Å². The minimum absolute atomic E-state index is 0.0355. The number of amides is 1. The minimum atomic E-state index is 0.0355. The van der Waals surface area contributed by atoms with Crippen molar-refractivity contribution in [1.82, 2.24) is 4.98 Å². The fraction of sp³-hybridized carbons (Fsp3) is 0.333. The van der Waals surface area contributed by atoms with Crippen molar-refractivity contribution in [1.29, 1.82) is 0 Å². The molecule has 1 fully saturated rings. The van der Waals surface area contributed by atoms with E-state index >= 15 is 0 Å². The molecular formula is C15H17N3O2S. The number of para-hydroxylation sites is 1. The Balaban J connectivity index is 1.88. The molecule has 0 atom stereocenters. The highest BCUT2D eigenvalue weighted by Gasteiger charge is 2.30. The Labute approximate surface area is 127 Å². The first-order valence-corrected chi connectivity index (χ1v) is 7.80. The van der Waals surface area contributed by atoms with Crippen molar-refractivity contribution in [2.75, 3.05) is 17.7 Å². The van der Waals surface area contributed by atoms with Crippen LogP contribution in [0, 0.1) is 5.92 Å². The van der Waals surface area contributed by atoms with Crippen LogP contribution in [0.1, 0.15) is 19.8 Å². The standard InChI is InChI=1S/C15H17N3O2S/c1-2-20-11-6-4-3-5-10(11)12-13(16)21-15(17-12)18-14(19)9-7-8-9/h3-6,9H,2,7-8,16H2,1H3,(H,17,18,19). The molecule has 1 aliphatic rings. The van der Waals surface area contributed by atoms with Gasteiger partial charge in [0.25, 0.3) is 0 Å². The average Bonchev–Trinajstić information content (AvgIpc) is 3.25. The van der Waals surface area contributed by atoms with Crippen molar-refractivity contribution in [3.63, 3.8) is 0 Å². The molecule has 2 aromatic rings. The number of nitrogens with one attached hydrogen (secondary N) is 1. The number of aromatic nitrogens is 1. The first kappa shape index (κ1) is 13.9. The molecule has 0 radical (unpaired) electrons. The largest absolute Gasteiger partial charge is 0.493 e. The van der Waals surface area contributed by atoms with Crippen LogP contribution in [0.2, 0.25) is 0 Å². The van der Waals surface area contributed by atoms with Gasteiger partial charge < -0.3 is 15.8 Å². The molecule has 0 unspecified atom stereocenters. The number of nitrogens with zero attached hydrogens (tertiary/aromatic N) is 1. The quantitative estimate of drug-likeness (QED) is 0.889. The van der Waals surface area contributed by atoms with Gasteiger partial charge in [0.05, 0.1) is 6.61 Å². The zero-order valence-electron chi connectivity index (χ0n) is 11.8. The van der Waals surface area contributed by atoms with Gasteiger partial charge in [0.2, 0.25) is 5.91 Å². The van der Waals surface area contributed by atoms with Gasteiger partial charge in [-0.2, -0.15) is 0 Å². The predicted octanol–water partition coefficient (Wildman–Crippen LogP) is 3.14. The number of ether oxygens (including phenoxy) is 1. The van der Waals surface area contributed by atoms with Gasteiger partial charge in [-0.25, -0.2) is 4.98 Å². The highest BCUT2D eigenvalue weighted by molar-refractivity contribution is 7.20. The van der Waals surface area contributed by atoms with Crippen LogP contribution < -0.4 is 15.8 Å². The highest BCUT2D eigenvalue weighted by atomic mass is 32.1. The van der Waals surface area contributed by atoms with E-state index in [2.05, 4.69) is 10.3 Å². The van der Waals surface area contributed by atoms with Crippen molar-refractivity contribution >= 4 is 27.4 Å². The third-order valence-corrected chi connectivity index (χ3v) is 4.07. The summed E-state index contributed by atoms with van der Waals surface area (Å²) in [5, 5.41) is 3.96. The number of rotatable bonds is 5. The summed E-state index contributed by atoms with van der Waals surface area (Å²) in [5.41, 5.74) is 7.56. The smallest absolute Gasteiger partial charge is 0.229 e. The monoisotopic (exact) mass is 303 g/mol. The molecule has 0 saturated heterocycles. The Morgan fingerprint density at radius 2 is 2.24 bits per heavy atom. The number of nitrogen functional groups attached to an aromatic ring is 1. The molecule has 110 valence electrons. The Morgan fingerprint density at radius 3 is 2.95 bits per heavy atom. The van der Waals surface area contributed by atoms with Gasteiger partial charge in [0.15, 0.2) is 5.13 Å². The zero-order chi connectivity index (χ0) is 14.8. The summed E-state index contributed by atoms with van der Waals surface area (Å²) in [7, 11) is 0. The fourth-order valence-corrected chi connectivity index (χ4v) is 2.82. The van der Waals surface area contributed by atoms with E-state index in [1.807, 2.05) is 31.2 Å². The lowest BCUT2D eigenvalue weighted by Crippen LogP contribution is -2.12. The number of benzene rings is 1. The number of thiazole rings is 1. The number of carbonyl (C=O) groups is 1. The number of hydrogen-bond acceptors (Lipinski definition) is 5. The van der Waals surface area contributed by atoms with Gasteiger partial charge in [-0.1, -0.05) is 23.5 Å². The van der Waals surface area contributed by atoms with Crippen molar-refractivity contribution < 1.29 is 9.53 Å². The van der Waals surface area contributed by atoms with Gasteiger partial charge in [-0.3, -0.25) is 4.79 Å². The first-order valence-electron chi connectivity index (χ1n) is 6.98. The van der Waals surface area contributed by atoms with E-state index in [0.717, 1.165) is 24.2 Å². The molecule has 6 heteroatoms. The Bertz CT molecular complexity index is 665. The van der Waals surface area contributed by atoms with Crippen molar-refractivity contribution in [2.24, 2.45) is 5.92 Å². The number of nitrogens with two attached hydrogens (primary N) is 1. The number of carbonyl (C=O) groups excluding carboxylic acids is 1. The molecule has 3 N–H and O–H groups in total. The highest BCUT2D eigenvalue weighted by Crippen LogP contribution is 2.39. The molecule has 1 aromatic heterocycles. The molecular weight excluding hydrogens is 286 g/mol. The molecule has 3 rings (SSSR count). The number of anilines is 2. The van der Waals surface area contributed by atoms with Crippen molar-refractivity contribution in [2.45, 2.75) is 19.8 Å². The second-order valence-corrected chi connectivity index (χ2v) is 5.96. The summed E-state index contributed by atoms with van der Waals surface area (Å²) in [5.74, 6) is 0.930. The fourth-order valence-electron chi connectivity index (χ4n) is 2.07. The molecule has 1 amide bonds. The summed E-state index contributed by atoms with van der Waals surface area (Å²) >= 11 is 1.29. The van der Waals surface area contributed by atoms with E-state index in [4.69, 9.17) is 10.5 Å². The normalized spacial score (nSPS) is 14.0. The van der Waals surface area contributed by atoms with Gasteiger partial charge in [0, 0.05) is 11.5 Å². The van der Waals surface area contributed by atoms with Crippen LogP contribution in [0.25, 0.3) is 11.3 Å². The molecule has 1 heterocycles. The molecule has 21 heavy (non-hydrogen) atoms. The van der Waals surface area contributed by atoms with E-state index in [-0.39, 0.29) is 11.8 Å². The van der Waals surface area contributed by atoms with Crippen molar-refractivity contribution in [3.05, 3.63) is 24.3 Å². The SMILES string of the molecule is CCOc1ccccc1-c1nc(NC(=O)C2CC2)sc1N. The van der Waals surface area contributed by atoms with Crippen LogP contribution in [-0.2, 0) is 4.79 Å². The average molecular weight is 303 g/mol. The molecule has 0 bridgehead atoms. The Hall–Kier alpha value is -2.08. The molecule has 0 spiro atoms. The summed E-state index contributed by atoms with van der Waals surface area (Å²) < 4.78 is 5.61. The topological polar surface area (TPSA) is 77.2 Å². The van der Waals surface area contributed by atoms with Crippen LogP contribution >= 0.6 is 11.3 Å². The summed E-state index contributed by atoms with van der Waals surface area (Å²) in [6.07, 6.45) is 1.93. The van der Waals surface area contributed by atoms with Crippen LogP contribution in [0.15, 0.2) is 24.3 Å². The lowest BCUT2D eigenvalue weighted by atomic mass is 10.1. The van der Waals surface area contributed by atoms with Crippen LogP contribution in [-0.4, -0.2) is 17.5 Å². The van der Waals surface area contributed by atoms with E-state index in [9.17, 15) is 4.79 Å². The van der Waals surface area contributed by atoms with Gasteiger partial charge >= 0.3 is 0 Å². The maximum Gasteiger partial charge on any atom is 0.229 e. The lowest BCUT2D eigenvalue weighted by Gasteiger charge is -2.08. The van der Waals surface area contributed by atoms with Gasteiger partial charge in [-0.15, -0.1) is 0 Å².